The van der Waals surface area contributed by atoms with Gasteiger partial charge in [0.1, 0.15) is 24.0 Å². The van der Waals surface area contributed by atoms with Crippen molar-refractivity contribution in [3.05, 3.63) is 75.1 Å². The number of esters is 1. The van der Waals surface area contributed by atoms with E-state index in [4.69, 9.17) is 13.9 Å². The van der Waals surface area contributed by atoms with Crippen molar-refractivity contribution in [3.8, 4) is 5.75 Å². The third-order valence-corrected chi connectivity index (χ3v) is 5.36. The molecular formula is C26H29NO6. The molecule has 7 heteroatoms. The normalized spacial score (nSPS) is 11.9. The van der Waals surface area contributed by atoms with E-state index in [1.807, 2.05) is 51.1 Å². The Labute approximate surface area is 192 Å². The first-order chi connectivity index (χ1) is 15.7. The molecular weight excluding hydrogens is 422 g/mol. The zero-order chi connectivity index (χ0) is 24.1. The standard InChI is InChI=1S/C26H29NO6/c1-15(2)11-20(27-26(30)31-14-19-9-7-6-8-10-19)25(29)33-22-13-16(3)12-21-23(22)17(4)18(5)24(28)32-21/h6-10,12-13,15,20H,11,14H2,1-5H3,(H,27,30)/t20-/m1/s1. The maximum Gasteiger partial charge on any atom is 0.408 e. The first-order valence-corrected chi connectivity index (χ1v) is 10.9. The second kappa shape index (κ2) is 10.3. The summed E-state index contributed by atoms with van der Waals surface area (Å²) in [5.74, 6) is -0.212. The summed E-state index contributed by atoms with van der Waals surface area (Å²) in [6.45, 7) is 9.25. The second-order valence-corrected chi connectivity index (χ2v) is 8.59. The number of carbonyl (C=O) groups excluding carboxylic acids is 2. The second-order valence-electron chi connectivity index (χ2n) is 8.59. The largest absolute Gasteiger partial charge is 0.445 e. The zero-order valence-corrected chi connectivity index (χ0v) is 19.6. The molecule has 0 aliphatic rings. The average molecular weight is 452 g/mol. The van der Waals surface area contributed by atoms with Gasteiger partial charge in [-0.25, -0.2) is 14.4 Å². The molecule has 0 unspecified atom stereocenters. The van der Waals surface area contributed by atoms with Crippen LogP contribution in [0.4, 0.5) is 4.79 Å². The molecule has 3 aromatic rings. The predicted octanol–water partition coefficient (Wildman–Crippen LogP) is 4.96. The summed E-state index contributed by atoms with van der Waals surface area (Å²) in [6.07, 6.45) is -0.329. The number of hydrogen-bond acceptors (Lipinski definition) is 6. The summed E-state index contributed by atoms with van der Waals surface area (Å²) >= 11 is 0. The smallest absolute Gasteiger partial charge is 0.408 e. The van der Waals surface area contributed by atoms with Crippen LogP contribution in [0, 0.1) is 26.7 Å². The number of alkyl carbamates (subject to hydrolysis) is 1. The molecule has 1 N–H and O–H groups in total. The van der Waals surface area contributed by atoms with Crippen LogP contribution < -0.4 is 15.7 Å². The summed E-state index contributed by atoms with van der Waals surface area (Å²) in [4.78, 5) is 37.5. The molecule has 33 heavy (non-hydrogen) atoms. The van der Waals surface area contributed by atoms with Crippen molar-refractivity contribution in [2.45, 2.75) is 53.7 Å². The minimum Gasteiger partial charge on any atom is -0.445 e. The van der Waals surface area contributed by atoms with Gasteiger partial charge in [-0.05, 0) is 61.9 Å². The molecule has 0 spiro atoms. The Hall–Kier alpha value is -3.61. The van der Waals surface area contributed by atoms with Crippen molar-refractivity contribution in [3.63, 3.8) is 0 Å². The van der Waals surface area contributed by atoms with Crippen molar-refractivity contribution >= 4 is 23.0 Å². The molecule has 0 saturated heterocycles. The lowest BCUT2D eigenvalue weighted by Crippen LogP contribution is -2.44. The molecule has 1 amide bonds. The van der Waals surface area contributed by atoms with Crippen LogP contribution in [0.3, 0.4) is 0 Å². The van der Waals surface area contributed by atoms with E-state index in [-0.39, 0.29) is 18.3 Å². The Kier molecular flexibility index (Phi) is 7.53. The third-order valence-electron chi connectivity index (χ3n) is 5.36. The SMILES string of the molecule is Cc1cc(OC(=O)[C@@H](CC(C)C)NC(=O)OCc2ccccc2)c2c(C)c(C)c(=O)oc2c1. The molecule has 0 aliphatic heterocycles. The van der Waals surface area contributed by atoms with Gasteiger partial charge in [0.25, 0.3) is 0 Å². The van der Waals surface area contributed by atoms with Gasteiger partial charge in [-0.1, -0.05) is 44.2 Å². The highest BCUT2D eigenvalue weighted by molar-refractivity contribution is 5.92. The summed E-state index contributed by atoms with van der Waals surface area (Å²) in [5.41, 5.74) is 2.66. The van der Waals surface area contributed by atoms with Crippen molar-refractivity contribution in [1.82, 2.24) is 5.32 Å². The van der Waals surface area contributed by atoms with Crippen LogP contribution in [-0.4, -0.2) is 18.1 Å². The van der Waals surface area contributed by atoms with Gasteiger partial charge in [-0.3, -0.25) is 0 Å². The van der Waals surface area contributed by atoms with Gasteiger partial charge in [0, 0.05) is 5.56 Å². The Bertz CT molecular complexity index is 1210. The highest BCUT2D eigenvalue weighted by Gasteiger charge is 2.26. The summed E-state index contributed by atoms with van der Waals surface area (Å²) < 4.78 is 16.4. The molecule has 1 aromatic heterocycles. The first kappa shape index (κ1) is 24.0. The van der Waals surface area contributed by atoms with Gasteiger partial charge in [0.2, 0.25) is 0 Å². The number of benzene rings is 2. The molecule has 0 aliphatic carbocycles. The average Bonchev–Trinajstić information content (AvgIpc) is 2.75. The molecule has 0 fully saturated rings. The predicted molar refractivity (Wildman–Crippen MR) is 125 cm³/mol. The molecule has 3 rings (SSSR count). The van der Waals surface area contributed by atoms with Crippen molar-refractivity contribution in [1.29, 1.82) is 0 Å². The van der Waals surface area contributed by atoms with Gasteiger partial charge in [-0.15, -0.1) is 0 Å². The van der Waals surface area contributed by atoms with E-state index in [2.05, 4.69) is 5.32 Å². The van der Waals surface area contributed by atoms with E-state index >= 15 is 0 Å². The van der Waals surface area contributed by atoms with Crippen molar-refractivity contribution < 1.29 is 23.5 Å². The molecule has 1 heterocycles. The fraction of sp³-hybridized carbons (Fsp3) is 0.346. The van der Waals surface area contributed by atoms with Crippen LogP contribution in [0.1, 0.15) is 42.5 Å². The van der Waals surface area contributed by atoms with Crippen LogP contribution in [0.5, 0.6) is 5.75 Å². The Balaban J connectivity index is 1.81. The minimum atomic E-state index is -0.902. The Morgan fingerprint density at radius 1 is 1.03 bits per heavy atom. The Morgan fingerprint density at radius 2 is 1.73 bits per heavy atom. The lowest BCUT2D eigenvalue weighted by Gasteiger charge is -2.20. The van der Waals surface area contributed by atoms with Crippen LogP contribution in [-0.2, 0) is 16.1 Å². The van der Waals surface area contributed by atoms with E-state index in [0.29, 0.717) is 28.5 Å². The molecule has 174 valence electrons. The number of hydrogen-bond donors (Lipinski definition) is 1. The fourth-order valence-corrected chi connectivity index (χ4v) is 3.54. The molecule has 2 aromatic carbocycles. The van der Waals surface area contributed by atoms with E-state index in [0.717, 1.165) is 11.1 Å². The zero-order valence-electron chi connectivity index (χ0n) is 19.6. The van der Waals surface area contributed by atoms with Gasteiger partial charge in [-0.2, -0.15) is 0 Å². The van der Waals surface area contributed by atoms with Crippen molar-refractivity contribution in [2.75, 3.05) is 0 Å². The van der Waals surface area contributed by atoms with Crippen LogP contribution in [0.15, 0.2) is 51.7 Å². The van der Waals surface area contributed by atoms with Gasteiger partial charge < -0.3 is 19.2 Å². The summed E-state index contributed by atoms with van der Waals surface area (Å²) in [7, 11) is 0. The van der Waals surface area contributed by atoms with Gasteiger partial charge >= 0.3 is 17.7 Å². The lowest BCUT2D eigenvalue weighted by molar-refractivity contribution is -0.137. The van der Waals surface area contributed by atoms with Crippen molar-refractivity contribution in [2.24, 2.45) is 5.92 Å². The maximum atomic E-state index is 13.1. The van der Waals surface area contributed by atoms with E-state index in [1.54, 1.807) is 26.0 Å². The first-order valence-electron chi connectivity index (χ1n) is 10.9. The number of aryl methyl sites for hydroxylation is 2. The van der Waals surface area contributed by atoms with Gasteiger partial charge in [0.05, 0.1) is 5.39 Å². The minimum absolute atomic E-state index is 0.0934. The molecule has 0 saturated carbocycles. The number of rotatable bonds is 7. The quantitative estimate of drug-likeness (QED) is 0.310. The number of fused-ring (bicyclic) bond motifs is 1. The molecule has 7 nitrogen and oxygen atoms in total. The number of ether oxygens (including phenoxy) is 2. The van der Waals surface area contributed by atoms with Gasteiger partial charge in [0.15, 0.2) is 0 Å². The van der Waals surface area contributed by atoms with E-state index in [9.17, 15) is 14.4 Å². The fourth-order valence-electron chi connectivity index (χ4n) is 3.54. The highest BCUT2D eigenvalue weighted by Crippen LogP contribution is 2.31. The number of carbonyl (C=O) groups is 2. The monoisotopic (exact) mass is 451 g/mol. The van der Waals surface area contributed by atoms with Crippen LogP contribution in [0.25, 0.3) is 11.0 Å². The maximum absolute atomic E-state index is 13.1. The molecule has 0 bridgehead atoms. The molecule has 0 radical (unpaired) electrons. The highest BCUT2D eigenvalue weighted by atomic mass is 16.6. The topological polar surface area (TPSA) is 94.8 Å². The third kappa shape index (κ3) is 6.00. The Morgan fingerprint density at radius 3 is 2.39 bits per heavy atom. The van der Waals surface area contributed by atoms with E-state index in [1.165, 1.54) is 0 Å². The number of amides is 1. The van der Waals surface area contributed by atoms with E-state index < -0.39 is 23.7 Å². The molecule has 1 atom stereocenters. The summed E-state index contributed by atoms with van der Waals surface area (Å²) in [5, 5.41) is 3.18. The van der Waals surface area contributed by atoms with Crippen LogP contribution >= 0.6 is 0 Å². The number of nitrogens with one attached hydrogen (secondary N) is 1. The summed E-state index contributed by atoms with van der Waals surface area (Å²) in [6, 6.07) is 11.8. The lowest BCUT2D eigenvalue weighted by atomic mass is 10.0. The van der Waals surface area contributed by atoms with Crippen LogP contribution in [0.2, 0.25) is 0 Å².